The molecule has 2 nitrogen and oxygen atoms in total. The third kappa shape index (κ3) is 2.93. The minimum Gasteiger partial charge on any atom is -0.376 e. The molecule has 23 heavy (non-hydrogen) atoms. The van der Waals surface area contributed by atoms with Gasteiger partial charge < -0.3 is 10.6 Å². The van der Waals surface area contributed by atoms with Crippen LogP contribution in [0.15, 0.2) is 84.9 Å². The number of hydrogen-bond acceptors (Lipinski definition) is 2. The Balaban J connectivity index is 1.74. The fraction of sp³-hybridized carbons (Fsp3) is 0.143. The van der Waals surface area contributed by atoms with Crippen LogP contribution in [0.5, 0.6) is 0 Å². The molecule has 4 rings (SSSR count). The van der Waals surface area contributed by atoms with Crippen molar-refractivity contribution in [2.75, 3.05) is 10.6 Å². The van der Waals surface area contributed by atoms with Crippen molar-refractivity contribution >= 4 is 11.4 Å². The van der Waals surface area contributed by atoms with Gasteiger partial charge in [0.15, 0.2) is 0 Å². The van der Waals surface area contributed by atoms with Gasteiger partial charge in [-0.1, -0.05) is 72.8 Å². The van der Waals surface area contributed by atoms with Crippen LogP contribution in [-0.4, -0.2) is 0 Å². The third-order valence-electron chi connectivity index (χ3n) is 4.46. The van der Waals surface area contributed by atoms with Crippen LogP contribution in [0.1, 0.15) is 29.6 Å². The Morgan fingerprint density at radius 1 is 0.522 bits per heavy atom. The second kappa shape index (κ2) is 6.17. The van der Waals surface area contributed by atoms with Gasteiger partial charge in [0.2, 0.25) is 0 Å². The molecule has 2 N–H and O–H groups in total. The number of fused-ring (bicyclic) bond motifs is 1. The molecule has 0 saturated carbocycles. The van der Waals surface area contributed by atoms with Crippen LogP contribution in [0.3, 0.4) is 0 Å². The monoisotopic (exact) mass is 300 g/mol. The molecule has 0 amide bonds. The Morgan fingerprint density at radius 2 is 0.913 bits per heavy atom. The van der Waals surface area contributed by atoms with Crippen molar-refractivity contribution < 1.29 is 0 Å². The van der Waals surface area contributed by atoms with E-state index in [1.165, 1.54) is 22.5 Å². The molecule has 1 aliphatic heterocycles. The van der Waals surface area contributed by atoms with E-state index < -0.39 is 0 Å². The predicted octanol–water partition coefficient (Wildman–Crippen LogP) is 5.40. The van der Waals surface area contributed by atoms with E-state index in [0.717, 1.165) is 6.42 Å². The topological polar surface area (TPSA) is 24.1 Å². The van der Waals surface area contributed by atoms with Crippen LogP contribution in [0.25, 0.3) is 0 Å². The van der Waals surface area contributed by atoms with Crippen LogP contribution in [0.2, 0.25) is 0 Å². The highest BCUT2D eigenvalue weighted by molar-refractivity contribution is 5.70. The van der Waals surface area contributed by atoms with Gasteiger partial charge in [0.25, 0.3) is 0 Å². The summed E-state index contributed by atoms with van der Waals surface area (Å²) in [4.78, 5) is 0. The van der Waals surface area contributed by atoms with E-state index in [-0.39, 0.29) is 12.1 Å². The van der Waals surface area contributed by atoms with E-state index in [9.17, 15) is 0 Å². The second-order valence-electron chi connectivity index (χ2n) is 6.00. The van der Waals surface area contributed by atoms with Gasteiger partial charge in [-0.2, -0.15) is 0 Å². The van der Waals surface area contributed by atoms with Crippen LogP contribution in [0, 0.1) is 0 Å². The quantitative estimate of drug-likeness (QED) is 0.662. The van der Waals surface area contributed by atoms with E-state index in [4.69, 9.17) is 0 Å². The number of anilines is 2. The SMILES string of the molecule is c1ccc([C@@H]2C[C@@H](c3ccccc3)Nc3ccccc3N2)cc1. The first-order valence-corrected chi connectivity index (χ1v) is 8.12. The molecule has 3 aromatic rings. The molecule has 0 aliphatic carbocycles. The third-order valence-corrected chi connectivity index (χ3v) is 4.46. The maximum absolute atomic E-state index is 3.71. The van der Waals surface area contributed by atoms with Gasteiger partial charge in [0.05, 0.1) is 23.5 Å². The number of para-hydroxylation sites is 2. The number of benzene rings is 3. The highest BCUT2D eigenvalue weighted by Gasteiger charge is 2.24. The van der Waals surface area contributed by atoms with Gasteiger partial charge in [-0.15, -0.1) is 0 Å². The lowest BCUT2D eigenvalue weighted by atomic mass is 9.95. The lowest BCUT2D eigenvalue weighted by molar-refractivity contribution is 0.623. The summed E-state index contributed by atoms with van der Waals surface area (Å²) >= 11 is 0. The van der Waals surface area contributed by atoms with Gasteiger partial charge in [0, 0.05) is 0 Å². The standard InChI is InChI=1S/C21H20N2/c1-3-9-16(10-4-1)20-15-21(17-11-5-2-6-12-17)23-19-14-8-7-13-18(19)22-20/h1-14,20-23H,15H2/t20-,21-/m0/s1. The summed E-state index contributed by atoms with van der Waals surface area (Å²) < 4.78 is 0. The van der Waals surface area contributed by atoms with Gasteiger partial charge in [-0.3, -0.25) is 0 Å². The lowest BCUT2D eigenvalue weighted by Gasteiger charge is -2.22. The van der Waals surface area contributed by atoms with E-state index in [0.29, 0.717) is 0 Å². The molecule has 0 unspecified atom stereocenters. The molecule has 3 aromatic carbocycles. The molecule has 0 radical (unpaired) electrons. The van der Waals surface area contributed by atoms with E-state index in [2.05, 4.69) is 95.6 Å². The summed E-state index contributed by atoms with van der Waals surface area (Å²) in [5.41, 5.74) is 4.98. The summed E-state index contributed by atoms with van der Waals surface area (Å²) in [6.45, 7) is 0. The largest absolute Gasteiger partial charge is 0.376 e. The zero-order valence-electron chi connectivity index (χ0n) is 12.9. The minimum atomic E-state index is 0.289. The summed E-state index contributed by atoms with van der Waals surface area (Å²) in [6, 6.07) is 30.4. The lowest BCUT2D eigenvalue weighted by Crippen LogP contribution is -2.15. The molecule has 0 bridgehead atoms. The minimum absolute atomic E-state index is 0.289. The van der Waals surface area contributed by atoms with Gasteiger partial charge in [0.1, 0.15) is 0 Å². The Hall–Kier alpha value is -2.74. The molecule has 1 heterocycles. The van der Waals surface area contributed by atoms with Crippen molar-refractivity contribution in [3.8, 4) is 0 Å². The van der Waals surface area contributed by atoms with Crippen molar-refractivity contribution in [1.82, 2.24) is 0 Å². The van der Waals surface area contributed by atoms with Crippen molar-refractivity contribution in [3.05, 3.63) is 96.1 Å². The predicted molar refractivity (Wildman–Crippen MR) is 96.7 cm³/mol. The second-order valence-corrected chi connectivity index (χ2v) is 6.00. The number of nitrogens with one attached hydrogen (secondary N) is 2. The molecule has 1 aliphatic rings. The molecule has 0 fully saturated rings. The first-order valence-electron chi connectivity index (χ1n) is 8.12. The van der Waals surface area contributed by atoms with Crippen LogP contribution in [-0.2, 0) is 0 Å². The Morgan fingerprint density at radius 3 is 1.35 bits per heavy atom. The molecular weight excluding hydrogens is 280 g/mol. The average molecular weight is 300 g/mol. The summed E-state index contributed by atoms with van der Waals surface area (Å²) in [5, 5.41) is 7.43. The zero-order valence-corrected chi connectivity index (χ0v) is 12.9. The van der Waals surface area contributed by atoms with Gasteiger partial charge in [-0.05, 0) is 29.7 Å². The highest BCUT2D eigenvalue weighted by Crippen LogP contribution is 2.38. The maximum atomic E-state index is 3.71. The maximum Gasteiger partial charge on any atom is 0.0580 e. The van der Waals surface area contributed by atoms with E-state index >= 15 is 0 Å². The smallest absolute Gasteiger partial charge is 0.0580 e. The molecule has 0 saturated heterocycles. The molecule has 114 valence electrons. The van der Waals surface area contributed by atoms with Crippen molar-refractivity contribution in [2.45, 2.75) is 18.5 Å². The molecule has 0 aromatic heterocycles. The fourth-order valence-corrected chi connectivity index (χ4v) is 3.27. The van der Waals surface area contributed by atoms with Crippen molar-refractivity contribution in [3.63, 3.8) is 0 Å². The van der Waals surface area contributed by atoms with Crippen molar-refractivity contribution in [2.24, 2.45) is 0 Å². The summed E-state index contributed by atoms with van der Waals surface area (Å²) in [6.07, 6.45) is 1.00. The molecule has 0 spiro atoms. The highest BCUT2D eigenvalue weighted by atomic mass is 15.0. The fourth-order valence-electron chi connectivity index (χ4n) is 3.27. The zero-order chi connectivity index (χ0) is 15.5. The van der Waals surface area contributed by atoms with Crippen LogP contribution in [0.4, 0.5) is 11.4 Å². The van der Waals surface area contributed by atoms with Gasteiger partial charge in [-0.25, -0.2) is 0 Å². The average Bonchev–Trinajstić information content (AvgIpc) is 2.83. The number of rotatable bonds is 2. The molecular formula is C21H20N2. The Bertz CT molecular complexity index is 702. The molecule has 2 atom stereocenters. The normalized spacial score (nSPS) is 19.8. The Labute approximate surface area is 137 Å². The summed E-state index contributed by atoms with van der Waals surface area (Å²) in [5.74, 6) is 0. The van der Waals surface area contributed by atoms with Crippen molar-refractivity contribution in [1.29, 1.82) is 0 Å². The van der Waals surface area contributed by atoms with Crippen LogP contribution >= 0.6 is 0 Å². The summed E-state index contributed by atoms with van der Waals surface area (Å²) in [7, 11) is 0. The number of hydrogen-bond donors (Lipinski definition) is 2. The molecule has 2 heteroatoms. The van der Waals surface area contributed by atoms with Gasteiger partial charge >= 0.3 is 0 Å². The Kier molecular flexibility index (Phi) is 3.73. The van der Waals surface area contributed by atoms with E-state index in [1.807, 2.05) is 0 Å². The first-order chi connectivity index (χ1) is 11.4. The first kappa shape index (κ1) is 13.9. The van der Waals surface area contributed by atoms with E-state index in [1.54, 1.807) is 0 Å². The van der Waals surface area contributed by atoms with Crippen LogP contribution < -0.4 is 10.6 Å².